The van der Waals surface area contributed by atoms with Crippen LogP contribution in [0.2, 0.25) is 0 Å². The average Bonchev–Trinajstić information content (AvgIpc) is 2.54. The van der Waals surface area contributed by atoms with Gasteiger partial charge in [-0.25, -0.2) is 0 Å². The van der Waals surface area contributed by atoms with E-state index in [0.717, 1.165) is 17.7 Å². The second-order valence-electron chi connectivity index (χ2n) is 5.26. The van der Waals surface area contributed by atoms with Gasteiger partial charge in [0.1, 0.15) is 5.75 Å². The van der Waals surface area contributed by atoms with Gasteiger partial charge >= 0.3 is 0 Å². The molecule has 0 saturated heterocycles. The Kier molecular flexibility index (Phi) is 6.07. The first-order chi connectivity index (χ1) is 10.3. The van der Waals surface area contributed by atoms with Crippen LogP contribution in [0.4, 0.5) is 0 Å². The Balaban J connectivity index is 1.75. The fourth-order valence-electron chi connectivity index (χ4n) is 2.45. The van der Waals surface area contributed by atoms with Crippen LogP contribution < -0.4 is 10.1 Å². The Morgan fingerprint density at radius 3 is 3.05 bits per heavy atom. The van der Waals surface area contributed by atoms with E-state index in [1.807, 2.05) is 24.3 Å². The number of hydrogen-bond donors (Lipinski definition) is 1. The maximum Gasteiger partial charge on any atom is 0.244 e. The van der Waals surface area contributed by atoms with Crippen LogP contribution >= 0.6 is 0 Å². The third-order valence-corrected chi connectivity index (χ3v) is 3.65. The van der Waals surface area contributed by atoms with Crippen LogP contribution in [0.1, 0.15) is 37.7 Å². The zero-order valence-electron chi connectivity index (χ0n) is 12.6. The summed E-state index contributed by atoms with van der Waals surface area (Å²) in [4.78, 5) is 11.8. The topological polar surface area (TPSA) is 38.3 Å². The smallest absolute Gasteiger partial charge is 0.244 e. The molecule has 3 nitrogen and oxygen atoms in total. The predicted molar refractivity (Wildman–Crippen MR) is 86.2 cm³/mol. The van der Waals surface area contributed by atoms with Gasteiger partial charge in [0.25, 0.3) is 0 Å². The molecule has 0 radical (unpaired) electrons. The van der Waals surface area contributed by atoms with Gasteiger partial charge in [-0.2, -0.15) is 0 Å². The Morgan fingerprint density at radius 2 is 2.29 bits per heavy atom. The highest BCUT2D eigenvalue weighted by Crippen LogP contribution is 2.19. The number of ether oxygens (including phenoxy) is 1. The van der Waals surface area contributed by atoms with Crippen molar-refractivity contribution in [2.24, 2.45) is 0 Å². The van der Waals surface area contributed by atoms with Crippen molar-refractivity contribution in [3.05, 3.63) is 47.6 Å². The quantitative estimate of drug-likeness (QED) is 0.639. The zero-order chi connectivity index (χ0) is 14.9. The molecule has 3 heteroatoms. The van der Waals surface area contributed by atoms with Gasteiger partial charge in [-0.05, 0) is 55.9 Å². The number of carbonyl (C=O) groups is 1. The molecule has 0 spiro atoms. The van der Waals surface area contributed by atoms with Crippen LogP contribution in [0.5, 0.6) is 5.75 Å². The molecule has 0 heterocycles. The molecule has 112 valence electrons. The minimum Gasteiger partial charge on any atom is -0.497 e. The molecule has 0 atom stereocenters. The fraction of sp³-hybridized carbons (Fsp3) is 0.389. The number of nitrogens with one attached hydrogen (secondary N) is 1. The highest BCUT2D eigenvalue weighted by Gasteiger charge is 2.03. The van der Waals surface area contributed by atoms with E-state index in [0.29, 0.717) is 6.54 Å². The van der Waals surface area contributed by atoms with Crippen LogP contribution in [0.15, 0.2) is 42.0 Å². The van der Waals surface area contributed by atoms with Gasteiger partial charge in [-0.1, -0.05) is 23.8 Å². The van der Waals surface area contributed by atoms with Crippen LogP contribution in [0, 0.1) is 0 Å². The summed E-state index contributed by atoms with van der Waals surface area (Å²) in [5.74, 6) is 0.746. The lowest BCUT2D eigenvalue weighted by molar-refractivity contribution is -0.116. The molecule has 1 aliphatic carbocycles. The molecule has 1 N–H and O–H groups in total. The van der Waals surface area contributed by atoms with Crippen molar-refractivity contribution >= 4 is 12.0 Å². The molecular weight excluding hydrogens is 262 g/mol. The van der Waals surface area contributed by atoms with E-state index in [2.05, 4.69) is 11.4 Å². The molecule has 1 aliphatic rings. The van der Waals surface area contributed by atoms with E-state index in [1.54, 1.807) is 19.3 Å². The average molecular weight is 285 g/mol. The van der Waals surface area contributed by atoms with E-state index in [1.165, 1.54) is 31.3 Å². The SMILES string of the molecule is COc1cccc(/C=C/C(=O)NCCC2=CCCCC2)c1. The summed E-state index contributed by atoms with van der Waals surface area (Å²) in [5.41, 5.74) is 2.44. The number of hydrogen-bond acceptors (Lipinski definition) is 2. The molecule has 0 unspecified atom stereocenters. The summed E-state index contributed by atoms with van der Waals surface area (Å²) in [6.45, 7) is 0.715. The lowest BCUT2D eigenvalue weighted by Gasteiger charge is -2.12. The number of amides is 1. The van der Waals surface area contributed by atoms with E-state index < -0.39 is 0 Å². The monoisotopic (exact) mass is 285 g/mol. The number of carbonyl (C=O) groups excluding carboxylic acids is 1. The molecule has 1 amide bonds. The number of rotatable bonds is 6. The molecule has 21 heavy (non-hydrogen) atoms. The summed E-state index contributed by atoms with van der Waals surface area (Å²) in [6.07, 6.45) is 11.6. The summed E-state index contributed by atoms with van der Waals surface area (Å²) >= 11 is 0. The van der Waals surface area contributed by atoms with Gasteiger partial charge < -0.3 is 10.1 Å². The van der Waals surface area contributed by atoms with E-state index in [9.17, 15) is 4.79 Å². The first-order valence-electron chi connectivity index (χ1n) is 7.56. The third kappa shape index (κ3) is 5.46. The van der Waals surface area contributed by atoms with Crippen molar-refractivity contribution in [2.75, 3.05) is 13.7 Å². The first-order valence-corrected chi connectivity index (χ1v) is 7.56. The molecular formula is C18H23NO2. The summed E-state index contributed by atoms with van der Waals surface area (Å²) in [7, 11) is 1.63. The first kappa shape index (κ1) is 15.4. The van der Waals surface area contributed by atoms with Crippen molar-refractivity contribution in [3.8, 4) is 5.75 Å². The highest BCUT2D eigenvalue weighted by molar-refractivity contribution is 5.91. The van der Waals surface area contributed by atoms with Gasteiger partial charge in [-0.3, -0.25) is 4.79 Å². The van der Waals surface area contributed by atoms with Gasteiger partial charge in [0.05, 0.1) is 7.11 Å². The van der Waals surface area contributed by atoms with Crippen LogP contribution in [-0.4, -0.2) is 19.6 Å². The second kappa shape index (κ2) is 8.30. The van der Waals surface area contributed by atoms with Crippen LogP contribution in [-0.2, 0) is 4.79 Å². The second-order valence-corrected chi connectivity index (χ2v) is 5.26. The van der Waals surface area contributed by atoms with Crippen molar-refractivity contribution in [3.63, 3.8) is 0 Å². The maximum atomic E-state index is 11.8. The summed E-state index contributed by atoms with van der Waals surface area (Å²) in [5, 5.41) is 2.93. The molecule has 0 saturated carbocycles. The van der Waals surface area contributed by atoms with E-state index in [4.69, 9.17) is 4.74 Å². The van der Waals surface area contributed by atoms with E-state index in [-0.39, 0.29) is 5.91 Å². The van der Waals surface area contributed by atoms with Gasteiger partial charge in [0, 0.05) is 12.6 Å². The standard InChI is InChI=1S/C18H23NO2/c1-21-17-9-5-8-16(14-17)10-11-18(20)19-13-12-15-6-3-2-4-7-15/h5-6,8-11,14H,2-4,7,12-13H2,1H3,(H,19,20)/b11-10+. The van der Waals surface area contributed by atoms with Crippen molar-refractivity contribution in [1.29, 1.82) is 0 Å². The van der Waals surface area contributed by atoms with E-state index >= 15 is 0 Å². The summed E-state index contributed by atoms with van der Waals surface area (Å²) in [6, 6.07) is 7.64. The van der Waals surface area contributed by atoms with Crippen LogP contribution in [0.25, 0.3) is 6.08 Å². The minimum absolute atomic E-state index is 0.0470. The van der Waals surface area contributed by atoms with Crippen molar-refractivity contribution in [1.82, 2.24) is 5.32 Å². The molecule has 0 aliphatic heterocycles. The Hall–Kier alpha value is -2.03. The third-order valence-electron chi connectivity index (χ3n) is 3.65. The molecule has 1 aromatic rings. The predicted octanol–water partition coefficient (Wildman–Crippen LogP) is 3.72. The highest BCUT2D eigenvalue weighted by atomic mass is 16.5. The molecule has 0 fully saturated rings. The van der Waals surface area contributed by atoms with Gasteiger partial charge in [-0.15, -0.1) is 0 Å². The molecule has 2 rings (SSSR count). The normalized spacial score (nSPS) is 14.8. The van der Waals surface area contributed by atoms with Crippen LogP contribution in [0.3, 0.4) is 0 Å². The number of benzene rings is 1. The van der Waals surface area contributed by atoms with Gasteiger partial charge in [0.15, 0.2) is 0 Å². The lowest BCUT2D eigenvalue weighted by Crippen LogP contribution is -2.22. The Bertz CT molecular complexity index is 532. The van der Waals surface area contributed by atoms with Gasteiger partial charge in [0.2, 0.25) is 5.91 Å². The maximum absolute atomic E-state index is 11.8. The summed E-state index contributed by atoms with van der Waals surface area (Å²) < 4.78 is 5.15. The minimum atomic E-state index is -0.0470. The zero-order valence-corrected chi connectivity index (χ0v) is 12.6. The molecule has 0 aromatic heterocycles. The molecule has 1 aromatic carbocycles. The largest absolute Gasteiger partial charge is 0.497 e. The van der Waals surface area contributed by atoms with Crippen molar-refractivity contribution in [2.45, 2.75) is 32.1 Å². The fourth-order valence-corrected chi connectivity index (χ4v) is 2.45. The number of methoxy groups -OCH3 is 1. The Morgan fingerprint density at radius 1 is 1.38 bits per heavy atom. The molecule has 0 bridgehead atoms. The van der Waals surface area contributed by atoms with Crippen molar-refractivity contribution < 1.29 is 9.53 Å². The lowest BCUT2D eigenvalue weighted by atomic mass is 9.97. The number of allylic oxidation sites excluding steroid dienone is 1. The Labute approximate surface area is 126 Å².